The summed E-state index contributed by atoms with van der Waals surface area (Å²) >= 11 is 0. The number of alkyl halides is 3. The van der Waals surface area contributed by atoms with Crippen LogP contribution in [0.1, 0.15) is 5.82 Å². The lowest BCUT2D eigenvalue weighted by molar-refractivity contribution is -0.144. The maximum atomic E-state index is 13.7. The fourth-order valence-electron chi connectivity index (χ4n) is 3.49. The summed E-state index contributed by atoms with van der Waals surface area (Å²) in [6, 6.07) is 10.3. The van der Waals surface area contributed by atoms with Crippen molar-refractivity contribution in [2.75, 3.05) is 31.2 Å². The van der Waals surface area contributed by atoms with Crippen molar-refractivity contribution in [1.82, 2.24) is 9.97 Å². The van der Waals surface area contributed by atoms with Gasteiger partial charge >= 0.3 is 6.18 Å². The van der Waals surface area contributed by atoms with Gasteiger partial charge < -0.3 is 9.64 Å². The lowest BCUT2D eigenvalue weighted by Gasteiger charge is -2.31. The van der Waals surface area contributed by atoms with E-state index in [2.05, 4.69) is 9.97 Å². The van der Waals surface area contributed by atoms with Crippen LogP contribution in [0, 0.1) is 5.82 Å². The Morgan fingerprint density at radius 1 is 0.970 bits per heavy atom. The number of nitrogens with two attached hydrogens (primary N) is 1. The van der Waals surface area contributed by atoms with Gasteiger partial charge in [-0.25, -0.2) is 27.9 Å². The average molecular weight is 482 g/mol. The van der Waals surface area contributed by atoms with E-state index in [4.69, 9.17) is 9.88 Å². The molecule has 33 heavy (non-hydrogen) atoms. The molecule has 2 N–H and O–H groups in total. The molecular formula is C21H18F4N4O3S. The monoisotopic (exact) mass is 482 g/mol. The fraction of sp³-hybridized carbons (Fsp3) is 0.238. The van der Waals surface area contributed by atoms with Gasteiger partial charge in [0.1, 0.15) is 11.6 Å². The van der Waals surface area contributed by atoms with Crippen LogP contribution in [0.5, 0.6) is 0 Å². The largest absolute Gasteiger partial charge is 0.451 e. The number of hydrogen-bond donors (Lipinski definition) is 1. The quantitative estimate of drug-likeness (QED) is 0.572. The van der Waals surface area contributed by atoms with Crippen molar-refractivity contribution in [1.29, 1.82) is 0 Å². The Balaban J connectivity index is 2.06. The second-order valence-corrected chi connectivity index (χ2v) is 8.83. The minimum absolute atomic E-state index is 0.0356. The molecule has 7 nitrogen and oxygen atoms in total. The first kappa shape index (κ1) is 23.1. The second kappa shape index (κ2) is 8.69. The number of anilines is 1. The predicted octanol–water partition coefficient (Wildman–Crippen LogP) is 3.45. The van der Waals surface area contributed by atoms with Crippen LogP contribution in [-0.4, -0.2) is 44.7 Å². The fourth-order valence-corrected chi connectivity index (χ4v) is 4.05. The van der Waals surface area contributed by atoms with Crippen LogP contribution >= 0.6 is 0 Å². The van der Waals surface area contributed by atoms with E-state index in [1.165, 1.54) is 36.4 Å². The van der Waals surface area contributed by atoms with Crippen molar-refractivity contribution in [2.45, 2.75) is 11.1 Å². The van der Waals surface area contributed by atoms with Gasteiger partial charge in [-0.05, 0) is 42.0 Å². The molecule has 1 fully saturated rings. The van der Waals surface area contributed by atoms with E-state index in [1.54, 1.807) is 4.90 Å². The molecule has 0 bridgehead atoms. The highest BCUT2D eigenvalue weighted by atomic mass is 32.2. The molecule has 1 aliphatic rings. The number of rotatable bonds is 4. The molecule has 3 aromatic rings. The first-order valence-electron chi connectivity index (χ1n) is 9.75. The molecule has 0 amide bonds. The van der Waals surface area contributed by atoms with Gasteiger partial charge in [0.25, 0.3) is 0 Å². The summed E-state index contributed by atoms with van der Waals surface area (Å²) in [6.45, 7) is 1.07. The highest BCUT2D eigenvalue weighted by Crippen LogP contribution is 2.41. The zero-order valence-corrected chi connectivity index (χ0v) is 17.8. The Bertz CT molecular complexity index is 1280. The third-order valence-electron chi connectivity index (χ3n) is 5.02. The Hall–Kier alpha value is -3.09. The van der Waals surface area contributed by atoms with Gasteiger partial charge in [-0.2, -0.15) is 13.2 Å². The van der Waals surface area contributed by atoms with E-state index in [1.807, 2.05) is 0 Å². The molecular weight excluding hydrogens is 464 g/mol. The van der Waals surface area contributed by atoms with E-state index < -0.39 is 27.8 Å². The van der Waals surface area contributed by atoms with Gasteiger partial charge in [0.05, 0.1) is 29.4 Å². The number of benzene rings is 2. The second-order valence-electron chi connectivity index (χ2n) is 7.27. The summed E-state index contributed by atoms with van der Waals surface area (Å²) in [5.41, 5.74) is 0.498. The molecule has 0 spiro atoms. The van der Waals surface area contributed by atoms with E-state index >= 15 is 0 Å². The molecule has 4 rings (SSSR count). The molecule has 2 aromatic carbocycles. The van der Waals surface area contributed by atoms with Crippen molar-refractivity contribution in [3.63, 3.8) is 0 Å². The van der Waals surface area contributed by atoms with Gasteiger partial charge in [0.2, 0.25) is 15.8 Å². The molecule has 0 aliphatic carbocycles. The van der Waals surface area contributed by atoms with Gasteiger partial charge in [-0.1, -0.05) is 12.1 Å². The Morgan fingerprint density at radius 3 is 2.24 bits per heavy atom. The molecule has 0 radical (unpaired) electrons. The third-order valence-corrected chi connectivity index (χ3v) is 5.93. The van der Waals surface area contributed by atoms with Gasteiger partial charge in [0, 0.05) is 18.7 Å². The number of hydrogen-bond acceptors (Lipinski definition) is 6. The number of primary sulfonamides is 1. The van der Waals surface area contributed by atoms with Crippen LogP contribution in [0.25, 0.3) is 22.4 Å². The minimum atomic E-state index is -4.85. The number of aromatic nitrogens is 2. The standard InChI is InChI=1S/C21H18F4N4O3S/c22-15-6-4-13(5-7-15)18-17(14-2-1-3-16(12-14)33(26,30)31)19(29-8-10-32-11-9-29)28-20(27-18)21(23,24)25/h1-7,12H,8-11H2,(H2,26,30,31). The van der Waals surface area contributed by atoms with Crippen LogP contribution in [0.4, 0.5) is 23.4 Å². The molecule has 2 heterocycles. The zero-order chi connectivity index (χ0) is 23.8. The minimum Gasteiger partial charge on any atom is -0.378 e. The SMILES string of the molecule is NS(=O)(=O)c1cccc(-c2c(-c3ccc(F)cc3)nc(C(F)(F)F)nc2N2CCOCC2)c1. The third kappa shape index (κ3) is 4.97. The molecule has 0 atom stereocenters. The summed E-state index contributed by atoms with van der Waals surface area (Å²) in [7, 11) is -4.09. The van der Waals surface area contributed by atoms with Crippen molar-refractivity contribution in [3.8, 4) is 22.4 Å². The smallest absolute Gasteiger partial charge is 0.378 e. The zero-order valence-electron chi connectivity index (χ0n) is 17.0. The highest BCUT2D eigenvalue weighted by Gasteiger charge is 2.37. The summed E-state index contributed by atoms with van der Waals surface area (Å²) in [5, 5.41) is 5.26. The maximum absolute atomic E-state index is 13.7. The molecule has 174 valence electrons. The van der Waals surface area contributed by atoms with E-state index in [0.29, 0.717) is 0 Å². The lowest BCUT2D eigenvalue weighted by Crippen LogP contribution is -2.37. The van der Waals surface area contributed by atoms with Crippen molar-refractivity contribution in [2.24, 2.45) is 5.14 Å². The lowest BCUT2D eigenvalue weighted by atomic mass is 9.98. The van der Waals surface area contributed by atoms with Gasteiger partial charge in [-0.3, -0.25) is 0 Å². The first-order valence-corrected chi connectivity index (χ1v) is 11.3. The number of ether oxygens (including phenoxy) is 1. The summed E-state index contributed by atoms with van der Waals surface area (Å²) in [5.74, 6) is -1.98. The molecule has 12 heteroatoms. The topological polar surface area (TPSA) is 98.4 Å². The van der Waals surface area contributed by atoms with Crippen LogP contribution in [0.15, 0.2) is 53.4 Å². The average Bonchev–Trinajstić information content (AvgIpc) is 2.78. The first-order chi connectivity index (χ1) is 15.5. The van der Waals surface area contributed by atoms with Crippen molar-refractivity contribution in [3.05, 3.63) is 60.2 Å². The predicted molar refractivity (Wildman–Crippen MR) is 112 cm³/mol. The van der Waals surface area contributed by atoms with Crippen LogP contribution < -0.4 is 10.0 Å². The van der Waals surface area contributed by atoms with E-state index in [-0.39, 0.29) is 59.4 Å². The Morgan fingerprint density at radius 2 is 1.64 bits per heavy atom. The van der Waals surface area contributed by atoms with Crippen molar-refractivity contribution < 1.29 is 30.7 Å². The summed E-state index contributed by atoms with van der Waals surface area (Å²) in [4.78, 5) is 8.98. The summed E-state index contributed by atoms with van der Waals surface area (Å²) in [6.07, 6.45) is -4.85. The Labute approximate surface area is 186 Å². The number of halogens is 4. The number of morpholine rings is 1. The van der Waals surface area contributed by atoms with Crippen LogP contribution in [0.3, 0.4) is 0 Å². The number of nitrogens with zero attached hydrogens (tertiary/aromatic N) is 3. The highest BCUT2D eigenvalue weighted by molar-refractivity contribution is 7.89. The molecule has 1 saturated heterocycles. The number of sulfonamides is 1. The van der Waals surface area contributed by atoms with E-state index in [9.17, 15) is 26.0 Å². The normalized spacial score (nSPS) is 15.0. The molecule has 1 aliphatic heterocycles. The maximum Gasteiger partial charge on any atom is 0.451 e. The molecule has 0 saturated carbocycles. The summed E-state index contributed by atoms with van der Waals surface area (Å²) < 4.78 is 83.8. The Kier molecular flexibility index (Phi) is 6.08. The van der Waals surface area contributed by atoms with Crippen LogP contribution in [-0.2, 0) is 20.9 Å². The molecule has 0 unspecified atom stereocenters. The molecule has 1 aromatic heterocycles. The van der Waals surface area contributed by atoms with E-state index in [0.717, 1.165) is 12.1 Å². The van der Waals surface area contributed by atoms with Gasteiger partial charge in [0.15, 0.2) is 0 Å². The van der Waals surface area contributed by atoms with Crippen molar-refractivity contribution >= 4 is 15.8 Å². The van der Waals surface area contributed by atoms with Crippen LogP contribution in [0.2, 0.25) is 0 Å². The van der Waals surface area contributed by atoms with Gasteiger partial charge in [-0.15, -0.1) is 0 Å².